The summed E-state index contributed by atoms with van der Waals surface area (Å²) in [5.41, 5.74) is 0.780. The Morgan fingerprint density at radius 2 is 1.82 bits per heavy atom. The second-order valence-electron chi connectivity index (χ2n) is 2.85. The highest BCUT2D eigenvalue weighted by molar-refractivity contribution is 9.15. The van der Waals surface area contributed by atoms with Crippen LogP contribution >= 0.6 is 79.6 Å². The molecular weight excluding hydrogens is 552 g/mol. The zero-order valence-electron chi connectivity index (χ0n) is 8.15. The molecule has 0 bridgehead atoms. The smallest absolute Gasteiger partial charge is 0.331 e. The number of rotatable bonds is 3. The van der Waals surface area contributed by atoms with Crippen molar-refractivity contribution in [2.24, 2.45) is 0 Å². The van der Waals surface area contributed by atoms with Gasteiger partial charge in [-0.2, -0.15) is 0 Å². The maximum atomic E-state index is 11.1. The summed E-state index contributed by atoms with van der Waals surface area (Å²) in [5.74, 6) is -0.492. The molecule has 0 spiro atoms. The van der Waals surface area contributed by atoms with Crippen molar-refractivity contribution >= 4 is 85.6 Å². The predicted octanol–water partition coefficient (Wildman–Crippen LogP) is 5.86. The van der Waals surface area contributed by atoms with Gasteiger partial charge >= 0.3 is 5.97 Å². The summed E-state index contributed by atoms with van der Waals surface area (Å²) in [6, 6.07) is 1.84. The van der Waals surface area contributed by atoms with Gasteiger partial charge < -0.3 is 4.74 Å². The lowest BCUT2D eigenvalue weighted by Gasteiger charge is -2.15. The lowest BCUT2D eigenvalue weighted by Crippen LogP contribution is -2.04. The summed E-state index contributed by atoms with van der Waals surface area (Å²) in [5, 5.41) is -0.553. The third-order valence-electron chi connectivity index (χ3n) is 1.76. The Kier molecular flexibility index (Phi) is 6.39. The molecule has 17 heavy (non-hydrogen) atoms. The number of benzene rings is 1. The number of ether oxygens (including phenoxy) is 1. The van der Waals surface area contributed by atoms with Crippen molar-refractivity contribution in [2.45, 2.75) is 5.01 Å². The Balaban J connectivity index is 3.14. The minimum atomic E-state index is -0.553. The van der Waals surface area contributed by atoms with Gasteiger partial charge in [0.25, 0.3) is 0 Å². The first kappa shape index (κ1) is 15.9. The van der Waals surface area contributed by atoms with E-state index in [1.807, 2.05) is 6.07 Å². The molecule has 1 aromatic carbocycles. The molecule has 0 saturated carbocycles. The van der Waals surface area contributed by atoms with E-state index in [1.54, 1.807) is 0 Å². The fourth-order valence-electron chi connectivity index (χ4n) is 0.970. The first-order chi connectivity index (χ1) is 7.88. The Hall–Kier alpha value is 0.830. The molecule has 0 N–H and O–H groups in total. The van der Waals surface area contributed by atoms with Gasteiger partial charge in [0.2, 0.25) is 0 Å². The number of esters is 1. The molecule has 1 atom stereocenters. The predicted molar refractivity (Wildman–Crippen MR) is 85.2 cm³/mol. The van der Waals surface area contributed by atoms with E-state index in [0.29, 0.717) is 0 Å². The highest BCUT2D eigenvalue weighted by Gasteiger charge is 2.19. The van der Waals surface area contributed by atoms with Crippen molar-refractivity contribution in [2.75, 3.05) is 0 Å². The molecule has 0 aliphatic heterocycles. The summed E-state index contributed by atoms with van der Waals surface area (Å²) in [7, 11) is 0. The van der Waals surface area contributed by atoms with E-state index in [0.717, 1.165) is 29.5 Å². The molecule has 0 radical (unpaired) electrons. The number of carbonyl (C=O) groups is 1. The summed E-state index contributed by atoms with van der Waals surface area (Å²) >= 11 is 17.0. The minimum absolute atomic E-state index is 0.492. The maximum Gasteiger partial charge on any atom is 0.331 e. The average Bonchev–Trinajstić information content (AvgIpc) is 2.30. The average molecular weight is 557 g/mol. The molecule has 92 valence electrons. The fraction of sp³-hybridized carbons (Fsp3) is 0.100. The van der Waals surface area contributed by atoms with Gasteiger partial charge in [-0.1, -0.05) is 6.58 Å². The van der Waals surface area contributed by atoms with Gasteiger partial charge in [-0.05, 0) is 85.7 Å². The highest BCUT2D eigenvalue weighted by Crippen LogP contribution is 2.43. The van der Waals surface area contributed by atoms with Crippen molar-refractivity contribution in [1.29, 1.82) is 0 Å². The summed E-state index contributed by atoms with van der Waals surface area (Å²) < 4.78 is 8.45. The largest absolute Gasteiger partial charge is 0.443 e. The van der Waals surface area contributed by atoms with Crippen LogP contribution in [-0.4, -0.2) is 5.97 Å². The molecule has 0 saturated heterocycles. The molecule has 0 amide bonds. The second-order valence-corrected chi connectivity index (χ2v) is 6.91. The molecule has 1 unspecified atom stereocenters. The number of hydrogen-bond donors (Lipinski definition) is 0. The summed E-state index contributed by atoms with van der Waals surface area (Å²) in [6.07, 6.45) is 1.12. The van der Waals surface area contributed by atoms with Gasteiger partial charge in [0.05, 0.1) is 0 Å². The SMILES string of the molecule is C=CC(=O)OC(Br)c1cc(Br)c(Br)c(Br)c1Br. The van der Waals surface area contributed by atoms with E-state index in [2.05, 4.69) is 86.2 Å². The molecule has 0 fully saturated rings. The van der Waals surface area contributed by atoms with E-state index in [9.17, 15) is 4.79 Å². The van der Waals surface area contributed by atoms with Crippen LogP contribution in [0.3, 0.4) is 0 Å². The first-order valence-electron chi connectivity index (χ1n) is 4.18. The van der Waals surface area contributed by atoms with Gasteiger partial charge in [0.1, 0.15) is 0 Å². The maximum absolute atomic E-state index is 11.1. The van der Waals surface area contributed by atoms with Gasteiger partial charge in [-0.3, -0.25) is 0 Å². The van der Waals surface area contributed by atoms with Crippen molar-refractivity contribution in [3.8, 4) is 0 Å². The monoisotopic (exact) mass is 552 g/mol. The van der Waals surface area contributed by atoms with E-state index in [4.69, 9.17) is 4.74 Å². The molecule has 0 heterocycles. The molecule has 0 aliphatic carbocycles. The van der Waals surface area contributed by atoms with Crippen LogP contribution in [0.1, 0.15) is 10.6 Å². The fourth-order valence-corrected chi connectivity index (χ4v) is 4.08. The summed E-state index contributed by atoms with van der Waals surface area (Å²) in [6.45, 7) is 3.35. The van der Waals surface area contributed by atoms with Gasteiger partial charge in [-0.25, -0.2) is 4.79 Å². The van der Waals surface area contributed by atoms with E-state index in [-0.39, 0.29) is 0 Å². The molecule has 7 heteroatoms. The van der Waals surface area contributed by atoms with Crippen molar-refractivity contribution < 1.29 is 9.53 Å². The zero-order chi connectivity index (χ0) is 13.2. The van der Waals surface area contributed by atoms with Gasteiger partial charge in [0.15, 0.2) is 5.01 Å². The van der Waals surface area contributed by atoms with Crippen LogP contribution in [0.4, 0.5) is 0 Å². The van der Waals surface area contributed by atoms with Crippen LogP contribution in [0.5, 0.6) is 0 Å². The van der Waals surface area contributed by atoms with Gasteiger partial charge in [-0.15, -0.1) is 0 Å². The lowest BCUT2D eigenvalue weighted by molar-refractivity contribution is -0.139. The Bertz CT molecular complexity index is 472. The molecular formula is C10H5Br5O2. The minimum Gasteiger partial charge on any atom is -0.443 e. The normalized spacial score (nSPS) is 12.1. The molecule has 0 aliphatic rings. The van der Waals surface area contributed by atoms with Crippen LogP contribution in [-0.2, 0) is 9.53 Å². The Morgan fingerprint density at radius 1 is 1.24 bits per heavy atom. The number of carbonyl (C=O) groups excluding carboxylic acids is 1. The third kappa shape index (κ3) is 3.89. The van der Waals surface area contributed by atoms with E-state index < -0.39 is 11.0 Å². The lowest BCUT2D eigenvalue weighted by atomic mass is 10.2. The molecule has 1 aromatic rings. The molecule has 1 rings (SSSR count). The number of alkyl halides is 1. The van der Waals surface area contributed by atoms with Crippen LogP contribution in [0.15, 0.2) is 36.6 Å². The van der Waals surface area contributed by atoms with Crippen LogP contribution in [0.25, 0.3) is 0 Å². The second kappa shape index (κ2) is 6.84. The zero-order valence-corrected chi connectivity index (χ0v) is 16.1. The topological polar surface area (TPSA) is 26.3 Å². The van der Waals surface area contributed by atoms with Crippen LogP contribution in [0, 0.1) is 0 Å². The van der Waals surface area contributed by atoms with Crippen LogP contribution < -0.4 is 0 Å². The number of hydrogen-bond acceptors (Lipinski definition) is 2. The highest BCUT2D eigenvalue weighted by atomic mass is 79.9. The van der Waals surface area contributed by atoms with Gasteiger partial charge in [0, 0.05) is 29.5 Å². The van der Waals surface area contributed by atoms with E-state index >= 15 is 0 Å². The van der Waals surface area contributed by atoms with Crippen molar-refractivity contribution in [3.63, 3.8) is 0 Å². The third-order valence-corrected chi connectivity index (χ3v) is 7.13. The molecule has 2 nitrogen and oxygen atoms in total. The molecule has 0 aromatic heterocycles. The quantitative estimate of drug-likeness (QED) is 0.153. The summed E-state index contributed by atoms with van der Waals surface area (Å²) in [4.78, 5) is 11.1. The standard InChI is InChI=1S/C10H5Br5O2/c1-2-6(16)17-10(15)4-3-5(11)8(13)9(14)7(4)12/h2-3,10H,1H2. The van der Waals surface area contributed by atoms with Crippen molar-refractivity contribution in [3.05, 3.63) is 42.2 Å². The van der Waals surface area contributed by atoms with E-state index in [1.165, 1.54) is 0 Å². The number of halogens is 5. The van der Waals surface area contributed by atoms with Crippen molar-refractivity contribution in [1.82, 2.24) is 0 Å². The Morgan fingerprint density at radius 3 is 2.35 bits per heavy atom. The van der Waals surface area contributed by atoms with Crippen LogP contribution in [0.2, 0.25) is 0 Å². The Labute approximate surface area is 141 Å². The first-order valence-corrected chi connectivity index (χ1v) is 8.27.